The van der Waals surface area contributed by atoms with Gasteiger partial charge in [0.1, 0.15) is 11.5 Å². The van der Waals surface area contributed by atoms with Gasteiger partial charge in [0.15, 0.2) is 0 Å². The summed E-state index contributed by atoms with van der Waals surface area (Å²) in [5.74, 6) is 1.78. The monoisotopic (exact) mass is 648 g/mol. The lowest BCUT2D eigenvalue weighted by Crippen LogP contribution is -2.31. The average Bonchev–Trinajstić information content (AvgIpc) is 3.05. The van der Waals surface area contributed by atoms with Crippen molar-refractivity contribution in [2.24, 2.45) is 10.8 Å². The van der Waals surface area contributed by atoms with Crippen molar-refractivity contribution in [1.29, 1.82) is 0 Å². The number of hydrogen-bond donors (Lipinski definition) is 2. The maximum Gasteiger partial charge on any atom is 0.230 e. The van der Waals surface area contributed by atoms with E-state index in [0.717, 1.165) is 58.0 Å². The lowest BCUT2D eigenvalue weighted by atomic mass is 9.86. The summed E-state index contributed by atoms with van der Waals surface area (Å²) in [6, 6.07) is 28.1. The van der Waals surface area contributed by atoms with E-state index < -0.39 is 10.8 Å². The van der Waals surface area contributed by atoms with Crippen LogP contribution in [0.25, 0.3) is 11.1 Å². The second-order valence-corrected chi connectivity index (χ2v) is 14.3. The molecule has 4 aromatic rings. The number of carbonyl (C=O) groups excluding carboxylic acids is 2. The zero-order valence-electron chi connectivity index (χ0n) is 30.0. The van der Waals surface area contributed by atoms with E-state index >= 15 is 0 Å². The van der Waals surface area contributed by atoms with E-state index in [2.05, 4.69) is 60.9 Å². The molecule has 0 spiro atoms. The number of carbonyl (C=O) groups is 2. The van der Waals surface area contributed by atoms with E-state index in [0.29, 0.717) is 26.1 Å². The summed E-state index contributed by atoms with van der Waals surface area (Å²) < 4.78 is 12.0. The molecule has 0 saturated carbocycles. The number of benzene rings is 4. The standard InChI is InChI=1S/C42H52N2O4/c1-29-11-13-31(3)37(27-29)47-25-9-23-41(5,6)39(45)43-35-19-15-33(16-20-35)34-17-21-36(22-18-34)44-40(46)42(7,8)24-10-26-48-38-28-30(2)12-14-32(38)4/h11-22,27-28H,9-10,23-26H2,1-8H3,(H,43,45)(H,44,46). The number of nitrogens with one attached hydrogen (secondary N) is 2. The third-order valence-electron chi connectivity index (χ3n) is 8.94. The molecule has 0 atom stereocenters. The Labute approximate surface area is 287 Å². The summed E-state index contributed by atoms with van der Waals surface area (Å²) in [5.41, 5.74) is 7.07. The molecule has 0 unspecified atom stereocenters. The van der Waals surface area contributed by atoms with Gasteiger partial charge >= 0.3 is 0 Å². The van der Waals surface area contributed by atoms with Crippen LogP contribution in [0.3, 0.4) is 0 Å². The Hall–Kier alpha value is -4.58. The Morgan fingerprint density at radius 1 is 0.542 bits per heavy atom. The molecular weight excluding hydrogens is 596 g/mol. The van der Waals surface area contributed by atoms with Gasteiger partial charge in [-0.15, -0.1) is 0 Å². The Kier molecular flexibility index (Phi) is 12.1. The van der Waals surface area contributed by atoms with Crippen LogP contribution in [-0.4, -0.2) is 25.0 Å². The average molecular weight is 649 g/mol. The van der Waals surface area contributed by atoms with Gasteiger partial charge in [-0.3, -0.25) is 9.59 Å². The number of ether oxygens (including phenoxy) is 2. The van der Waals surface area contributed by atoms with Gasteiger partial charge in [-0.2, -0.15) is 0 Å². The first kappa shape index (κ1) is 36.3. The van der Waals surface area contributed by atoms with Crippen molar-refractivity contribution in [3.05, 3.63) is 107 Å². The predicted octanol–water partition coefficient (Wildman–Crippen LogP) is 10.2. The molecule has 6 heteroatoms. The molecule has 4 aromatic carbocycles. The molecule has 0 aromatic heterocycles. The van der Waals surface area contributed by atoms with Crippen molar-refractivity contribution in [3.8, 4) is 22.6 Å². The lowest BCUT2D eigenvalue weighted by Gasteiger charge is -2.24. The van der Waals surface area contributed by atoms with Crippen LogP contribution in [0, 0.1) is 38.5 Å². The molecule has 48 heavy (non-hydrogen) atoms. The topological polar surface area (TPSA) is 76.7 Å². The smallest absolute Gasteiger partial charge is 0.230 e. The predicted molar refractivity (Wildman–Crippen MR) is 198 cm³/mol. The fraction of sp³-hybridized carbons (Fsp3) is 0.381. The van der Waals surface area contributed by atoms with Gasteiger partial charge in [-0.25, -0.2) is 0 Å². The number of rotatable bonds is 15. The zero-order valence-corrected chi connectivity index (χ0v) is 30.0. The molecule has 0 radical (unpaired) electrons. The van der Waals surface area contributed by atoms with Crippen molar-refractivity contribution in [2.45, 2.75) is 81.1 Å². The molecule has 0 saturated heterocycles. The summed E-state index contributed by atoms with van der Waals surface area (Å²) >= 11 is 0. The van der Waals surface area contributed by atoms with Gasteiger partial charge in [0.05, 0.1) is 13.2 Å². The van der Waals surface area contributed by atoms with Crippen LogP contribution in [-0.2, 0) is 9.59 Å². The summed E-state index contributed by atoms with van der Waals surface area (Å²) in [6.07, 6.45) is 2.99. The van der Waals surface area contributed by atoms with Crippen molar-refractivity contribution >= 4 is 23.2 Å². The van der Waals surface area contributed by atoms with Crippen molar-refractivity contribution in [1.82, 2.24) is 0 Å². The van der Waals surface area contributed by atoms with Gasteiger partial charge in [0.2, 0.25) is 11.8 Å². The Morgan fingerprint density at radius 2 is 0.896 bits per heavy atom. The fourth-order valence-electron chi connectivity index (χ4n) is 5.44. The van der Waals surface area contributed by atoms with Crippen molar-refractivity contribution < 1.29 is 19.1 Å². The van der Waals surface area contributed by atoms with Crippen molar-refractivity contribution in [3.63, 3.8) is 0 Å². The molecule has 6 nitrogen and oxygen atoms in total. The molecule has 4 rings (SSSR count). The second-order valence-electron chi connectivity index (χ2n) is 14.3. The van der Waals surface area contributed by atoms with Crippen LogP contribution >= 0.6 is 0 Å². The van der Waals surface area contributed by atoms with E-state index in [4.69, 9.17) is 9.47 Å². The largest absolute Gasteiger partial charge is 0.493 e. The first-order chi connectivity index (χ1) is 22.7. The first-order valence-corrected chi connectivity index (χ1v) is 17.0. The summed E-state index contributed by atoms with van der Waals surface area (Å²) in [5, 5.41) is 6.15. The van der Waals surface area contributed by atoms with Crippen molar-refractivity contribution in [2.75, 3.05) is 23.8 Å². The summed E-state index contributed by atoms with van der Waals surface area (Å²) in [6.45, 7) is 17.2. The quantitative estimate of drug-likeness (QED) is 0.126. The number of anilines is 2. The molecule has 0 fully saturated rings. The second kappa shape index (κ2) is 16.0. The Bertz CT molecular complexity index is 1560. The molecule has 2 amide bonds. The molecule has 0 aliphatic rings. The maximum atomic E-state index is 13.1. The van der Waals surface area contributed by atoms with Crippen LogP contribution < -0.4 is 20.1 Å². The maximum absolute atomic E-state index is 13.1. The summed E-state index contributed by atoms with van der Waals surface area (Å²) in [4.78, 5) is 26.2. The molecule has 0 aliphatic heterocycles. The number of amides is 2. The third-order valence-corrected chi connectivity index (χ3v) is 8.94. The van der Waals surface area contributed by atoms with Gasteiger partial charge in [-0.05, 0) is 123 Å². The Balaban J connectivity index is 1.22. The highest BCUT2D eigenvalue weighted by Crippen LogP contribution is 2.29. The van der Waals surface area contributed by atoms with Crippen LogP contribution in [0.2, 0.25) is 0 Å². The molecule has 0 bridgehead atoms. The first-order valence-electron chi connectivity index (χ1n) is 17.0. The SMILES string of the molecule is Cc1ccc(C)c(OCCCC(C)(C)C(=O)Nc2ccc(-c3ccc(NC(=O)C(C)(C)CCCOc4cc(C)ccc4C)cc3)cc2)c1. The molecule has 0 heterocycles. The molecule has 2 N–H and O–H groups in total. The fourth-order valence-corrected chi connectivity index (χ4v) is 5.44. The molecular formula is C42H52N2O4. The van der Waals surface area contributed by atoms with Crippen LogP contribution in [0.15, 0.2) is 84.9 Å². The number of hydrogen-bond acceptors (Lipinski definition) is 4. The van der Waals surface area contributed by atoms with E-state index in [1.807, 2.05) is 90.1 Å². The van der Waals surface area contributed by atoms with E-state index in [9.17, 15) is 9.59 Å². The molecule has 0 aliphatic carbocycles. The minimum Gasteiger partial charge on any atom is -0.493 e. The van der Waals surface area contributed by atoms with Gasteiger partial charge in [0, 0.05) is 22.2 Å². The van der Waals surface area contributed by atoms with Crippen LogP contribution in [0.4, 0.5) is 11.4 Å². The van der Waals surface area contributed by atoms with E-state index in [-0.39, 0.29) is 11.8 Å². The highest BCUT2D eigenvalue weighted by Gasteiger charge is 2.28. The highest BCUT2D eigenvalue weighted by atomic mass is 16.5. The van der Waals surface area contributed by atoms with E-state index in [1.165, 1.54) is 11.1 Å². The van der Waals surface area contributed by atoms with Gasteiger partial charge in [-0.1, -0.05) is 76.2 Å². The van der Waals surface area contributed by atoms with Gasteiger partial charge in [0.25, 0.3) is 0 Å². The number of aryl methyl sites for hydroxylation is 4. The Morgan fingerprint density at radius 3 is 1.25 bits per heavy atom. The van der Waals surface area contributed by atoms with Crippen LogP contribution in [0.5, 0.6) is 11.5 Å². The minimum absolute atomic E-state index is 0.0149. The normalized spacial score (nSPS) is 11.6. The van der Waals surface area contributed by atoms with Gasteiger partial charge < -0.3 is 20.1 Å². The zero-order chi connectivity index (χ0) is 34.9. The van der Waals surface area contributed by atoms with Crippen LogP contribution in [0.1, 0.15) is 75.6 Å². The third kappa shape index (κ3) is 10.2. The molecule has 254 valence electrons. The summed E-state index contributed by atoms with van der Waals surface area (Å²) in [7, 11) is 0. The lowest BCUT2D eigenvalue weighted by molar-refractivity contribution is -0.125. The van der Waals surface area contributed by atoms with E-state index in [1.54, 1.807) is 0 Å². The minimum atomic E-state index is -0.535. The highest BCUT2D eigenvalue weighted by molar-refractivity contribution is 5.95.